The van der Waals surface area contributed by atoms with Crippen LogP contribution in [-0.4, -0.2) is 50.2 Å². The van der Waals surface area contributed by atoms with Crippen LogP contribution in [-0.2, 0) is 14.3 Å². The molecule has 0 aliphatic carbocycles. The van der Waals surface area contributed by atoms with Gasteiger partial charge in [0, 0.05) is 23.8 Å². The number of amides is 1. The lowest BCUT2D eigenvalue weighted by Crippen LogP contribution is -2.39. The number of carbonyl (C=O) groups excluding carboxylic acids is 2. The van der Waals surface area contributed by atoms with E-state index in [9.17, 15) is 9.59 Å². The highest BCUT2D eigenvalue weighted by molar-refractivity contribution is 9.10. The third kappa shape index (κ3) is 5.35. The van der Waals surface area contributed by atoms with Crippen molar-refractivity contribution in [3.63, 3.8) is 0 Å². The second-order valence-corrected chi connectivity index (χ2v) is 5.17. The van der Waals surface area contributed by atoms with Crippen molar-refractivity contribution >= 4 is 33.5 Å². The zero-order valence-electron chi connectivity index (χ0n) is 12.1. The summed E-state index contributed by atoms with van der Waals surface area (Å²) in [5.41, 5.74) is 6.52. The second kappa shape index (κ2) is 8.63. The molecule has 0 bridgehead atoms. The first-order chi connectivity index (χ1) is 9.99. The van der Waals surface area contributed by atoms with Gasteiger partial charge < -0.3 is 20.1 Å². The second-order valence-electron chi connectivity index (χ2n) is 4.26. The standard InChI is InChI=1S/C14H19BrN2O4/c1-3-21-13(18)9-17(6-7-20-2)14(19)11-8-10(15)4-5-12(11)16/h4-5,8H,3,6-7,9,16H2,1-2H3. The van der Waals surface area contributed by atoms with Crippen LogP contribution < -0.4 is 5.73 Å². The molecule has 2 N–H and O–H groups in total. The number of anilines is 1. The molecule has 0 heterocycles. The van der Waals surface area contributed by atoms with Crippen molar-refractivity contribution in [2.75, 3.05) is 39.1 Å². The lowest BCUT2D eigenvalue weighted by Gasteiger charge is -2.22. The molecule has 0 atom stereocenters. The van der Waals surface area contributed by atoms with Crippen LogP contribution in [0.2, 0.25) is 0 Å². The van der Waals surface area contributed by atoms with Crippen LogP contribution in [0.1, 0.15) is 17.3 Å². The summed E-state index contributed by atoms with van der Waals surface area (Å²) in [6, 6.07) is 5.01. The predicted octanol–water partition coefficient (Wildman–Crippen LogP) is 1.68. The summed E-state index contributed by atoms with van der Waals surface area (Å²) in [5.74, 6) is -0.797. The molecule has 0 spiro atoms. The average Bonchev–Trinajstić information content (AvgIpc) is 2.45. The number of halogens is 1. The molecule has 0 radical (unpaired) electrons. The summed E-state index contributed by atoms with van der Waals surface area (Å²) < 4.78 is 10.6. The van der Waals surface area contributed by atoms with E-state index < -0.39 is 5.97 Å². The number of ether oxygens (including phenoxy) is 2. The van der Waals surface area contributed by atoms with E-state index >= 15 is 0 Å². The fourth-order valence-corrected chi connectivity index (χ4v) is 2.06. The molecule has 0 aliphatic heterocycles. The van der Waals surface area contributed by atoms with Gasteiger partial charge in [0.2, 0.25) is 0 Å². The Kier molecular flexibility index (Phi) is 7.18. The fraction of sp³-hybridized carbons (Fsp3) is 0.429. The Morgan fingerprint density at radius 3 is 2.71 bits per heavy atom. The number of nitrogen functional groups attached to an aromatic ring is 1. The molecule has 1 amide bonds. The highest BCUT2D eigenvalue weighted by atomic mass is 79.9. The van der Waals surface area contributed by atoms with Gasteiger partial charge in [0.05, 0.1) is 18.8 Å². The maximum Gasteiger partial charge on any atom is 0.325 e. The topological polar surface area (TPSA) is 81.9 Å². The van der Waals surface area contributed by atoms with Gasteiger partial charge in [0.25, 0.3) is 5.91 Å². The van der Waals surface area contributed by atoms with Crippen molar-refractivity contribution in [2.24, 2.45) is 0 Å². The first-order valence-electron chi connectivity index (χ1n) is 6.48. The molecule has 0 saturated heterocycles. The van der Waals surface area contributed by atoms with Crippen LogP contribution in [0, 0.1) is 0 Å². The maximum absolute atomic E-state index is 12.5. The van der Waals surface area contributed by atoms with Crippen LogP contribution in [0.15, 0.2) is 22.7 Å². The minimum absolute atomic E-state index is 0.137. The van der Waals surface area contributed by atoms with Crippen LogP contribution in [0.25, 0.3) is 0 Å². The summed E-state index contributed by atoms with van der Waals surface area (Å²) in [5, 5.41) is 0. The van der Waals surface area contributed by atoms with Crippen molar-refractivity contribution in [1.82, 2.24) is 4.90 Å². The molecule has 7 heteroatoms. The third-order valence-electron chi connectivity index (χ3n) is 2.72. The summed E-state index contributed by atoms with van der Waals surface area (Å²) in [6.07, 6.45) is 0. The summed E-state index contributed by atoms with van der Waals surface area (Å²) in [6.45, 7) is 2.44. The van der Waals surface area contributed by atoms with Crippen molar-refractivity contribution < 1.29 is 19.1 Å². The Balaban J connectivity index is 2.92. The Labute approximate surface area is 132 Å². The van der Waals surface area contributed by atoms with E-state index in [4.69, 9.17) is 15.2 Å². The van der Waals surface area contributed by atoms with Crippen LogP contribution in [0.5, 0.6) is 0 Å². The molecule has 1 aromatic rings. The molecule has 0 unspecified atom stereocenters. The van der Waals surface area contributed by atoms with Gasteiger partial charge in [0.1, 0.15) is 6.54 Å². The number of methoxy groups -OCH3 is 1. The third-order valence-corrected chi connectivity index (χ3v) is 3.22. The molecular weight excluding hydrogens is 340 g/mol. The zero-order chi connectivity index (χ0) is 15.8. The highest BCUT2D eigenvalue weighted by Gasteiger charge is 2.21. The monoisotopic (exact) mass is 358 g/mol. The molecule has 1 rings (SSSR count). The predicted molar refractivity (Wildman–Crippen MR) is 83.0 cm³/mol. The van der Waals surface area contributed by atoms with Gasteiger partial charge in [-0.2, -0.15) is 0 Å². The Morgan fingerprint density at radius 2 is 2.10 bits per heavy atom. The molecule has 0 aliphatic rings. The smallest absolute Gasteiger partial charge is 0.325 e. The largest absolute Gasteiger partial charge is 0.465 e. The Hall–Kier alpha value is -1.60. The molecule has 0 saturated carbocycles. The number of hydrogen-bond acceptors (Lipinski definition) is 5. The molecule has 6 nitrogen and oxygen atoms in total. The summed E-state index contributed by atoms with van der Waals surface area (Å²) in [4.78, 5) is 25.5. The Bertz CT molecular complexity index is 508. The SMILES string of the molecule is CCOC(=O)CN(CCOC)C(=O)c1cc(Br)ccc1N. The first kappa shape index (κ1) is 17.5. The van der Waals surface area contributed by atoms with E-state index in [1.807, 2.05) is 0 Å². The van der Waals surface area contributed by atoms with Crippen LogP contribution in [0.3, 0.4) is 0 Å². The highest BCUT2D eigenvalue weighted by Crippen LogP contribution is 2.20. The first-order valence-corrected chi connectivity index (χ1v) is 7.27. The summed E-state index contributed by atoms with van der Waals surface area (Å²) >= 11 is 3.30. The van der Waals surface area contributed by atoms with E-state index in [-0.39, 0.29) is 25.6 Å². The number of benzene rings is 1. The van der Waals surface area contributed by atoms with Gasteiger partial charge in [-0.25, -0.2) is 0 Å². The fourth-order valence-electron chi connectivity index (χ4n) is 1.70. The minimum Gasteiger partial charge on any atom is -0.465 e. The molecule has 0 aromatic heterocycles. The lowest BCUT2D eigenvalue weighted by atomic mass is 10.1. The molecule has 1 aromatic carbocycles. The van der Waals surface area contributed by atoms with Gasteiger partial charge >= 0.3 is 5.97 Å². The average molecular weight is 359 g/mol. The van der Waals surface area contributed by atoms with E-state index in [1.54, 1.807) is 25.1 Å². The van der Waals surface area contributed by atoms with E-state index in [2.05, 4.69) is 15.9 Å². The van der Waals surface area contributed by atoms with E-state index in [0.717, 1.165) is 4.47 Å². The van der Waals surface area contributed by atoms with Crippen molar-refractivity contribution in [1.29, 1.82) is 0 Å². The number of esters is 1. The van der Waals surface area contributed by atoms with Crippen molar-refractivity contribution in [2.45, 2.75) is 6.92 Å². The maximum atomic E-state index is 12.5. The number of nitrogens with two attached hydrogens (primary N) is 1. The van der Waals surface area contributed by atoms with Crippen molar-refractivity contribution in [3.8, 4) is 0 Å². The van der Waals surface area contributed by atoms with Crippen LogP contribution in [0.4, 0.5) is 5.69 Å². The molecule has 116 valence electrons. The molecular formula is C14H19BrN2O4. The van der Waals surface area contributed by atoms with E-state index in [0.29, 0.717) is 17.9 Å². The lowest BCUT2D eigenvalue weighted by molar-refractivity contribution is -0.143. The quantitative estimate of drug-likeness (QED) is 0.592. The number of carbonyl (C=O) groups is 2. The number of rotatable bonds is 7. The van der Waals surface area contributed by atoms with Gasteiger partial charge in [-0.15, -0.1) is 0 Å². The number of nitrogens with zero attached hydrogens (tertiary/aromatic N) is 1. The Morgan fingerprint density at radius 1 is 1.38 bits per heavy atom. The summed E-state index contributed by atoms with van der Waals surface area (Å²) in [7, 11) is 1.53. The molecule has 21 heavy (non-hydrogen) atoms. The van der Waals surface area contributed by atoms with E-state index in [1.165, 1.54) is 12.0 Å². The van der Waals surface area contributed by atoms with Gasteiger partial charge in [0.15, 0.2) is 0 Å². The zero-order valence-corrected chi connectivity index (χ0v) is 13.7. The minimum atomic E-state index is -0.462. The van der Waals surface area contributed by atoms with Gasteiger partial charge in [-0.3, -0.25) is 9.59 Å². The molecule has 0 fully saturated rings. The van der Waals surface area contributed by atoms with Crippen LogP contribution >= 0.6 is 15.9 Å². The number of hydrogen-bond donors (Lipinski definition) is 1. The van der Waals surface area contributed by atoms with Gasteiger partial charge in [-0.05, 0) is 25.1 Å². The van der Waals surface area contributed by atoms with Gasteiger partial charge in [-0.1, -0.05) is 15.9 Å². The van der Waals surface area contributed by atoms with Crippen molar-refractivity contribution in [3.05, 3.63) is 28.2 Å². The normalized spacial score (nSPS) is 10.2.